The van der Waals surface area contributed by atoms with Gasteiger partial charge in [-0.05, 0) is 30.5 Å². The lowest BCUT2D eigenvalue weighted by molar-refractivity contribution is -0.147. The topological polar surface area (TPSA) is 53.3 Å². The van der Waals surface area contributed by atoms with Crippen molar-refractivity contribution in [3.8, 4) is 6.07 Å². The van der Waals surface area contributed by atoms with Crippen LogP contribution in [0, 0.1) is 23.2 Å². The minimum Gasteiger partial charge on any atom is -0.469 e. The number of hydrogen-bond acceptors (Lipinski definition) is 4. The highest BCUT2D eigenvalue weighted by atomic mass is 35.5. The van der Waals surface area contributed by atoms with Gasteiger partial charge in [-0.2, -0.15) is 5.26 Å². The number of carbonyl (C=O) groups is 1. The molecule has 0 aliphatic carbocycles. The van der Waals surface area contributed by atoms with Gasteiger partial charge < -0.3 is 9.64 Å². The van der Waals surface area contributed by atoms with E-state index in [2.05, 4.69) is 11.0 Å². The maximum absolute atomic E-state index is 11.7. The fourth-order valence-electron chi connectivity index (χ4n) is 2.73. The number of hydrogen-bond donors (Lipinski definition) is 0. The first-order chi connectivity index (χ1) is 9.56. The van der Waals surface area contributed by atoms with E-state index < -0.39 is 0 Å². The summed E-state index contributed by atoms with van der Waals surface area (Å²) in [6, 6.07) is 7.45. The lowest BCUT2D eigenvalue weighted by Crippen LogP contribution is -2.42. The normalized spacial score (nSPS) is 22.2. The number of benzene rings is 1. The zero-order valence-electron chi connectivity index (χ0n) is 11.6. The molecule has 2 atom stereocenters. The van der Waals surface area contributed by atoms with Gasteiger partial charge in [-0.15, -0.1) is 0 Å². The molecule has 20 heavy (non-hydrogen) atoms. The van der Waals surface area contributed by atoms with E-state index in [1.807, 2.05) is 13.0 Å². The smallest absolute Gasteiger partial charge is 0.309 e. The van der Waals surface area contributed by atoms with Crippen LogP contribution in [-0.4, -0.2) is 26.2 Å². The molecule has 0 unspecified atom stereocenters. The predicted molar refractivity (Wildman–Crippen MR) is 77.7 cm³/mol. The maximum atomic E-state index is 11.7. The van der Waals surface area contributed by atoms with Crippen molar-refractivity contribution in [1.29, 1.82) is 5.26 Å². The summed E-state index contributed by atoms with van der Waals surface area (Å²) in [5.74, 6) is -0.0357. The van der Waals surface area contributed by atoms with Crippen LogP contribution in [0.2, 0.25) is 5.02 Å². The second kappa shape index (κ2) is 6.15. The highest BCUT2D eigenvalue weighted by Crippen LogP contribution is 2.31. The molecule has 1 aliphatic rings. The van der Waals surface area contributed by atoms with Crippen LogP contribution in [0.5, 0.6) is 0 Å². The summed E-state index contributed by atoms with van der Waals surface area (Å²) in [4.78, 5) is 13.8. The highest BCUT2D eigenvalue weighted by molar-refractivity contribution is 6.30. The first-order valence-electron chi connectivity index (χ1n) is 6.59. The van der Waals surface area contributed by atoms with E-state index in [1.165, 1.54) is 7.11 Å². The SMILES string of the molecule is COC(=O)[C@@H]1CCN(c2cc(Cl)ccc2C#N)C[C@@H]1C. The van der Waals surface area contributed by atoms with Crippen molar-refractivity contribution in [2.24, 2.45) is 11.8 Å². The molecule has 1 heterocycles. The average Bonchev–Trinajstić information content (AvgIpc) is 2.46. The number of piperidine rings is 1. The van der Waals surface area contributed by atoms with Gasteiger partial charge in [0.2, 0.25) is 0 Å². The molecule has 1 saturated heterocycles. The van der Waals surface area contributed by atoms with Crippen molar-refractivity contribution in [2.75, 3.05) is 25.1 Å². The number of nitrogens with zero attached hydrogens (tertiary/aromatic N) is 2. The third-order valence-corrected chi connectivity index (χ3v) is 4.07. The van der Waals surface area contributed by atoms with Crippen LogP contribution in [0.3, 0.4) is 0 Å². The van der Waals surface area contributed by atoms with Gasteiger partial charge in [0.25, 0.3) is 0 Å². The van der Waals surface area contributed by atoms with Crippen LogP contribution < -0.4 is 4.90 Å². The molecular weight excluding hydrogens is 276 g/mol. The van der Waals surface area contributed by atoms with Crippen molar-refractivity contribution in [3.05, 3.63) is 28.8 Å². The first kappa shape index (κ1) is 14.7. The van der Waals surface area contributed by atoms with Crippen molar-refractivity contribution in [3.63, 3.8) is 0 Å². The molecule has 106 valence electrons. The van der Waals surface area contributed by atoms with Crippen molar-refractivity contribution in [1.82, 2.24) is 0 Å². The van der Waals surface area contributed by atoms with E-state index in [4.69, 9.17) is 16.3 Å². The molecule has 2 rings (SSSR count). The van der Waals surface area contributed by atoms with Gasteiger partial charge in [0, 0.05) is 18.1 Å². The molecule has 1 fully saturated rings. The monoisotopic (exact) mass is 292 g/mol. The minimum atomic E-state index is -0.149. The maximum Gasteiger partial charge on any atom is 0.309 e. The van der Waals surface area contributed by atoms with Crippen molar-refractivity contribution in [2.45, 2.75) is 13.3 Å². The van der Waals surface area contributed by atoms with Crippen molar-refractivity contribution >= 4 is 23.3 Å². The molecule has 0 bridgehead atoms. The number of rotatable bonds is 2. The van der Waals surface area contributed by atoms with E-state index in [0.717, 1.165) is 25.2 Å². The third kappa shape index (κ3) is 2.88. The fraction of sp³-hybridized carbons (Fsp3) is 0.467. The molecule has 0 N–H and O–H groups in total. The number of halogens is 1. The number of nitriles is 1. The number of esters is 1. The van der Waals surface area contributed by atoms with Crippen LogP contribution in [0.4, 0.5) is 5.69 Å². The van der Waals surface area contributed by atoms with Crippen LogP contribution in [0.25, 0.3) is 0 Å². The third-order valence-electron chi connectivity index (χ3n) is 3.83. The molecule has 0 radical (unpaired) electrons. The molecular formula is C15H17ClN2O2. The second-order valence-electron chi connectivity index (χ2n) is 5.11. The Hall–Kier alpha value is -1.73. The van der Waals surface area contributed by atoms with E-state index >= 15 is 0 Å². The number of anilines is 1. The lowest BCUT2D eigenvalue weighted by Gasteiger charge is -2.37. The molecule has 0 aromatic heterocycles. The largest absolute Gasteiger partial charge is 0.469 e. The predicted octanol–water partition coefficient (Wildman–Crippen LogP) is 2.85. The molecule has 1 aromatic carbocycles. The minimum absolute atomic E-state index is 0.0685. The summed E-state index contributed by atoms with van der Waals surface area (Å²) in [6.07, 6.45) is 0.727. The van der Waals surface area contributed by atoms with E-state index in [9.17, 15) is 10.1 Å². The van der Waals surface area contributed by atoms with Crippen molar-refractivity contribution < 1.29 is 9.53 Å². The summed E-state index contributed by atoms with van der Waals surface area (Å²) in [5.41, 5.74) is 1.45. The Morgan fingerprint density at radius 2 is 2.30 bits per heavy atom. The van der Waals surface area contributed by atoms with Crippen LogP contribution in [0.15, 0.2) is 18.2 Å². The van der Waals surface area contributed by atoms with Gasteiger partial charge in [0.15, 0.2) is 0 Å². The van der Waals surface area contributed by atoms with Crippen LogP contribution in [-0.2, 0) is 9.53 Å². The molecule has 5 heteroatoms. The summed E-state index contributed by atoms with van der Waals surface area (Å²) >= 11 is 6.02. The summed E-state index contributed by atoms with van der Waals surface area (Å²) in [5, 5.41) is 9.80. The average molecular weight is 293 g/mol. The summed E-state index contributed by atoms with van der Waals surface area (Å²) in [6.45, 7) is 3.47. The fourth-order valence-corrected chi connectivity index (χ4v) is 2.89. The zero-order valence-corrected chi connectivity index (χ0v) is 12.4. The van der Waals surface area contributed by atoms with E-state index in [0.29, 0.717) is 10.6 Å². The Morgan fingerprint density at radius 3 is 2.90 bits per heavy atom. The van der Waals surface area contributed by atoms with Gasteiger partial charge in [-0.3, -0.25) is 4.79 Å². The summed E-state index contributed by atoms with van der Waals surface area (Å²) in [7, 11) is 1.42. The number of ether oxygens (including phenoxy) is 1. The Bertz CT molecular complexity index is 553. The van der Waals surface area contributed by atoms with E-state index in [-0.39, 0.29) is 17.8 Å². The van der Waals surface area contributed by atoms with Gasteiger partial charge >= 0.3 is 5.97 Å². The Morgan fingerprint density at radius 1 is 1.55 bits per heavy atom. The van der Waals surface area contributed by atoms with Crippen LogP contribution >= 0.6 is 11.6 Å². The Balaban J connectivity index is 2.20. The van der Waals surface area contributed by atoms with Gasteiger partial charge in [0.1, 0.15) is 6.07 Å². The van der Waals surface area contributed by atoms with Crippen LogP contribution in [0.1, 0.15) is 18.9 Å². The molecule has 1 aliphatic heterocycles. The quantitative estimate of drug-likeness (QED) is 0.787. The molecule has 0 amide bonds. The highest BCUT2D eigenvalue weighted by Gasteiger charge is 2.32. The molecule has 0 spiro atoms. The van der Waals surface area contributed by atoms with Gasteiger partial charge in [0.05, 0.1) is 24.3 Å². The Kier molecular flexibility index (Phi) is 4.51. The zero-order chi connectivity index (χ0) is 14.7. The number of methoxy groups -OCH3 is 1. The summed E-state index contributed by atoms with van der Waals surface area (Å²) < 4.78 is 4.83. The standard InChI is InChI=1S/C15H17ClN2O2/c1-10-9-18(6-5-13(10)15(19)20-2)14-7-12(16)4-3-11(14)8-17/h3-4,7,10,13H,5-6,9H2,1-2H3/t10-,13+/m0/s1. The lowest BCUT2D eigenvalue weighted by atomic mass is 9.86. The Labute approximate surface area is 123 Å². The molecule has 4 nitrogen and oxygen atoms in total. The van der Waals surface area contributed by atoms with E-state index in [1.54, 1.807) is 12.1 Å². The first-order valence-corrected chi connectivity index (χ1v) is 6.97. The second-order valence-corrected chi connectivity index (χ2v) is 5.55. The molecule has 1 aromatic rings. The number of carbonyl (C=O) groups excluding carboxylic acids is 1. The van der Waals surface area contributed by atoms with Gasteiger partial charge in [-0.1, -0.05) is 18.5 Å². The van der Waals surface area contributed by atoms with Gasteiger partial charge in [-0.25, -0.2) is 0 Å². The molecule has 0 saturated carbocycles.